The van der Waals surface area contributed by atoms with Crippen LogP contribution in [0.5, 0.6) is 0 Å². The number of aryl methyl sites for hydroxylation is 2. The van der Waals surface area contributed by atoms with Crippen LogP contribution in [-0.2, 0) is 20.0 Å². The summed E-state index contributed by atoms with van der Waals surface area (Å²) in [6, 6.07) is 1.92. The molecule has 0 N–H and O–H groups in total. The van der Waals surface area contributed by atoms with E-state index in [-0.39, 0.29) is 0 Å². The molecule has 0 aliphatic carbocycles. The quantitative estimate of drug-likeness (QED) is 0.688. The molecule has 4 rings (SSSR count). The molecule has 0 bridgehead atoms. The van der Waals surface area contributed by atoms with Crippen LogP contribution in [0.15, 0.2) is 24.7 Å². The Bertz CT molecular complexity index is 899. The van der Waals surface area contributed by atoms with E-state index in [1.807, 2.05) is 30.1 Å². The Balaban J connectivity index is 1.55. The Morgan fingerprint density at radius 2 is 2.15 bits per heavy atom. The number of hydrogen-bond acceptors (Lipinski definition) is 6. The van der Waals surface area contributed by atoms with Crippen molar-refractivity contribution in [2.75, 3.05) is 18.0 Å². The molecule has 27 heavy (non-hydrogen) atoms. The molecule has 0 radical (unpaired) electrons. The van der Waals surface area contributed by atoms with Gasteiger partial charge in [0.2, 0.25) is 0 Å². The van der Waals surface area contributed by atoms with Crippen molar-refractivity contribution in [3.63, 3.8) is 0 Å². The molecule has 4 heterocycles. The molecule has 1 aliphatic rings. The minimum atomic E-state index is 0.350. The van der Waals surface area contributed by atoms with Crippen molar-refractivity contribution < 1.29 is 0 Å². The van der Waals surface area contributed by atoms with Gasteiger partial charge in [0, 0.05) is 50.2 Å². The molecule has 3 aromatic rings. The lowest BCUT2D eigenvalue weighted by atomic mass is 9.96. The molecule has 0 amide bonds. The maximum Gasteiger partial charge on any atom is 0.154 e. The monoisotopic (exact) mass is 366 g/mol. The first-order valence-electron chi connectivity index (χ1n) is 9.58. The second-order valence-corrected chi connectivity index (χ2v) is 7.14. The van der Waals surface area contributed by atoms with Gasteiger partial charge < -0.3 is 9.47 Å². The van der Waals surface area contributed by atoms with Crippen molar-refractivity contribution in [2.24, 2.45) is 7.05 Å². The molecule has 0 unspecified atom stereocenters. The summed E-state index contributed by atoms with van der Waals surface area (Å²) < 4.78 is 4.00. The fraction of sp³-hybridized carbons (Fsp3) is 0.526. The minimum Gasteiger partial charge on any atom is -0.356 e. The summed E-state index contributed by atoms with van der Waals surface area (Å²) in [7, 11) is 2.05. The zero-order valence-electron chi connectivity index (χ0n) is 16.2. The van der Waals surface area contributed by atoms with E-state index in [4.69, 9.17) is 4.98 Å². The third kappa shape index (κ3) is 3.56. The van der Waals surface area contributed by atoms with Gasteiger partial charge in [-0.25, -0.2) is 9.97 Å². The van der Waals surface area contributed by atoms with Gasteiger partial charge in [0.15, 0.2) is 5.82 Å². The molecule has 1 fully saturated rings. The molecule has 1 saturated heterocycles. The normalized spacial score (nSPS) is 17.4. The molecule has 142 valence electrons. The van der Waals surface area contributed by atoms with Crippen LogP contribution in [0.3, 0.4) is 0 Å². The third-order valence-corrected chi connectivity index (χ3v) is 5.29. The zero-order valence-corrected chi connectivity index (χ0v) is 16.2. The van der Waals surface area contributed by atoms with Crippen molar-refractivity contribution in [3.8, 4) is 0 Å². The van der Waals surface area contributed by atoms with Crippen LogP contribution >= 0.6 is 0 Å². The Morgan fingerprint density at radius 3 is 2.93 bits per heavy atom. The van der Waals surface area contributed by atoms with Gasteiger partial charge in [-0.3, -0.25) is 4.68 Å². The number of piperidine rings is 1. The summed E-state index contributed by atoms with van der Waals surface area (Å²) in [5.74, 6) is 4.23. The van der Waals surface area contributed by atoms with Gasteiger partial charge in [-0.2, -0.15) is 5.10 Å². The van der Waals surface area contributed by atoms with E-state index < -0.39 is 0 Å². The van der Waals surface area contributed by atoms with Gasteiger partial charge in [-0.1, -0.05) is 6.92 Å². The molecule has 0 aromatic carbocycles. The number of hydrogen-bond donors (Lipinski definition) is 0. The van der Waals surface area contributed by atoms with Crippen LogP contribution in [0.4, 0.5) is 5.82 Å². The summed E-state index contributed by atoms with van der Waals surface area (Å²) in [5.41, 5.74) is 1.21. The van der Waals surface area contributed by atoms with Gasteiger partial charge in [0.25, 0.3) is 0 Å². The first-order chi connectivity index (χ1) is 13.2. The van der Waals surface area contributed by atoms with E-state index >= 15 is 0 Å². The second kappa shape index (κ2) is 7.46. The number of anilines is 1. The van der Waals surface area contributed by atoms with Crippen molar-refractivity contribution in [1.29, 1.82) is 0 Å². The van der Waals surface area contributed by atoms with Crippen molar-refractivity contribution in [3.05, 3.63) is 47.7 Å². The molecule has 1 aliphatic heterocycles. The summed E-state index contributed by atoms with van der Waals surface area (Å²) in [6.07, 6.45) is 8.88. The highest BCUT2D eigenvalue weighted by atomic mass is 15.3. The minimum absolute atomic E-state index is 0.350. The first kappa shape index (κ1) is 17.6. The SMILES string of the molecule is CCc1cnc(C)nc1N1CCC[C@@H](c2nnc(Cn3cccn3)n2C)C1. The van der Waals surface area contributed by atoms with Gasteiger partial charge in [0.1, 0.15) is 24.0 Å². The highest BCUT2D eigenvalue weighted by Gasteiger charge is 2.27. The Labute approximate surface area is 159 Å². The van der Waals surface area contributed by atoms with Crippen LogP contribution in [0.25, 0.3) is 0 Å². The van der Waals surface area contributed by atoms with E-state index in [1.165, 1.54) is 5.56 Å². The second-order valence-electron chi connectivity index (χ2n) is 7.14. The topological polar surface area (TPSA) is 77.6 Å². The van der Waals surface area contributed by atoms with Gasteiger partial charge in [-0.15, -0.1) is 10.2 Å². The molecule has 1 atom stereocenters. The lowest BCUT2D eigenvalue weighted by molar-refractivity contribution is 0.474. The Morgan fingerprint density at radius 1 is 1.26 bits per heavy atom. The summed E-state index contributed by atoms with van der Waals surface area (Å²) >= 11 is 0. The van der Waals surface area contributed by atoms with E-state index in [1.54, 1.807) is 6.20 Å². The zero-order chi connectivity index (χ0) is 18.8. The maximum absolute atomic E-state index is 4.73. The van der Waals surface area contributed by atoms with E-state index in [2.05, 4.69) is 43.7 Å². The van der Waals surface area contributed by atoms with Crippen LogP contribution < -0.4 is 4.90 Å². The van der Waals surface area contributed by atoms with E-state index in [0.717, 1.165) is 55.6 Å². The molecule has 0 spiro atoms. The van der Waals surface area contributed by atoms with Gasteiger partial charge in [0.05, 0.1) is 0 Å². The number of aromatic nitrogens is 7. The number of nitrogens with zero attached hydrogens (tertiary/aromatic N) is 8. The molecular weight excluding hydrogens is 340 g/mol. The van der Waals surface area contributed by atoms with E-state index in [0.29, 0.717) is 12.5 Å². The first-order valence-corrected chi connectivity index (χ1v) is 9.58. The van der Waals surface area contributed by atoms with Crippen LogP contribution in [0.2, 0.25) is 0 Å². The maximum atomic E-state index is 4.73. The lowest BCUT2D eigenvalue weighted by Gasteiger charge is -2.34. The standard InChI is InChI=1S/C19H26N8/c1-4-15-11-20-14(2)22-18(15)26-9-5-7-16(12-26)19-24-23-17(25(19)3)13-27-10-6-8-21-27/h6,8,10-11,16H,4-5,7,9,12-13H2,1-3H3/t16-/m1/s1. The molecular formula is C19H26N8. The molecule has 8 nitrogen and oxygen atoms in total. The van der Waals surface area contributed by atoms with Crippen LogP contribution in [-0.4, -0.2) is 47.6 Å². The highest BCUT2D eigenvalue weighted by molar-refractivity contribution is 5.47. The average Bonchev–Trinajstić information content (AvgIpc) is 3.33. The lowest BCUT2D eigenvalue weighted by Crippen LogP contribution is -2.36. The Hall–Kier alpha value is -2.77. The van der Waals surface area contributed by atoms with Gasteiger partial charge >= 0.3 is 0 Å². The summed E-state index contributed by atoms with van der Waals surface area (Å²) in [6.45, 7) is 6.69. The van der Waals surface area contributed by atoms with Gasteiger partial charge in [-0.05, 0) is 32.3 Å². The third-order valence-electron chi connectivity index (χ3n) is 5.29. The van der Waals surface area contributed by atoms with Crippen molar-refractivity contribution in [2.45, 2.75) is 45.6 Å². The molecule has 3 aromatic heterocycles. The molecule has 8 heteroatoms. The largest absolute Gasteiger partial charge is 0.356 e. The molecule has 0 saturated carbocycles. The highest BCUT2D eigenvalue weighted by Crippen LogP contribution is 2.30. The summed E-state index contributed by atoms with van der Waals surface area (Å²) in [4.78, 5) is 11.5. The Kier molecular flexibility index (Phi) is 4.87. The number of rotatable bonds is 5. The van der Waals surface area contributed by atoms with Crippen LogP contribution in [0.1, 0.15) is 48.7 Å². The average molecular weight is 366 g/mol. The van der Waals surface area contributed by atoms with E-state index in [9.17, 15) is 0 Å². The predicted octanol–water partition coefficient (Wildman–Crippen LogP) is 2.10. The predicted molar refractivity (Wildman–Crippen MR) is 103 cm³/mol. The fourth-order valence-electron chi connectivity index (χ4n) is 3.79. The summed E-state index contributed by atoms with van der Waals surface area (Å²) in [5, 5.41) is 13.2. The fourth-order valence-corrected chi connectivity index (χ4v) is 3.79. The van der Waals surface area contributed by atoms with Crippen molar-refractivity contribution >= 4 is 5.82 Å². The van der Waals surface area contributed by atoms with Crippen molar-refractivity contribution in [1.82, 2.24) is 34.5 Å². The van der Waals surface area contributed by atoms with Crippen LogP contribution in [0, 0.1) is 6.92 Å². The smallest absolute Gasteiger partial charge is 0.154 e.